The van der Waals surface area contributed by atoms with E-state index in [1.54, 1.807) is 6.92 Å². The van der Waals surface area contributed by atoms with Crippen LogP contribution in [-0.4, -0.2) is 24.6 Å². The minimum Gasteiger partial charge on any atom is -0.353 e. The van der Waals surface area contributed by atoms with E-state index in [1.165, 1.54) is 0 Å². The normalized spacial score (nSPS) is 13.1. The Kier molecular flexibility index (Phi) is 5.67. The number of hydrogen-bond acceptors (Lipinski definition) is 3. The summed E-state index contributed by atoms with van der Waals surface area (Å²) < 4.78 is 9.88. The first-order valence-electron chi connectivity index (χ1n) is 3.11. The monoisotopic (exact) mass is 164 g/mol. The molecule has 3 nitrogen and oxygen atoms in total. The van der Waals surface area contributed by atoms with Crippen molar-refractivity contribution < 1.29 is 14.3 Å². The lowest BCUT2D eigenvalue weighted by atomic mass is 10.7. The average Bonchev–Trinajstić information content (AvgIpc) is 1.85. The van der Waals surface area contributed by atoms with Crippen LogP contribution in [0.25, 0.3) is 0 Å². The molecule has 0 aliphatic heterocycles. The first-order valence-corrected chi connectivity index (χ1v) is 3.56. The van der Waals surface area contributed by atoms with Crippen molar-refractivity contribution in [3.8, 4) is 0 Å². The van der Waals surface area contributed by atoms with E-state index >= 15 is 0 Å². The number of thiol groups is 1. The lowest BCUT2D eigenvalue weighted by molar-refractivity contribution is -0.141. The number of carbonyl (C=O) groups is 1. The quantitative estimate of drug-likeness (QED) is 0.483. The molecule has 60 valence electrons. The Morgan fingerprint density at radius 2 is 2.20 bits per heavy atom. The summed E-state index contributed by atoms with van der Waals surface area (Å²) in [5.74, 6) is 0. The smallest absolute Gasteiger partial charge is 0.211 e. The summed E-state index contributed by atoms with van der Waals surface area (Å²) in [7, 11) is 0. The van der Waals surface area contributed by atoms with Gasteiger partial charge in [-0.15, -0.1) is 12.6 Å². The van der Waals surface area contributed by atoms with Crippen LogP contribution in [0.4, 0.5) is 0 Å². The fourth-order valence-electron chi connectivity index (χ4n) is 0.471. The molecular formula is C6H12O3S. The summed E-state index contributed by atoms with van der Waals surface area (Å²) >= 11 is 3.52. The van der Waals surface area contributed by atoms with Crippen LogP contribution in [0.15, 0.2) is 0 Å². The molecule has 0 heterocycles. The Bertz CT molecular complexity index is 105. The Labute approximate surface area is 66.1 Å². The Hall–Kier alpha value is -0.0600. The highest BCUT2D eigenvalue weighted by atomic mass is 32.1. The van der Waals surface area contributed by atoms with E-state index in [0.717, 1.165) is 0 Å². The van der Waals surface area contributed by atoms with E-state index in [2.05, 4.69) is 12.6 Å². The van der Waals surface area contributed by atoms with Crippen LogP contribution >= 0.6 is 12.6 Å². The zero-order valence-corrected chi connectivity index (χ0v) is 7.06. The van der Waals surface area contributed by atoms with E-state index in [9.17, 15) is 4.79 Å². The third-order valence-corrected chi connectivity index (χ3v) is 0.972. The molecule has 0 saturated carbocycles. The van der Waals surface area contributed by atoms with Crippen molar-refractivity contribution in [3.63, 3.8) is 0 Å². The molecule has 0 amide bonds. The molecule has 10 heavy (non-hydrogen) atoms. The van der Waals surface area contributed by atoms with Gasteiger partial charge in [-0.3, -0.25) is 4.79 Å². The lowest BCUT2D eigenvalue weighted by Crippen LogP contribution is -2.15. The number of rotatable bonds is 5. The Morgan fingerprint density at radius 1 is 1.60 bits per heavy atom. The standard InChI is InChI=1S/C6H12O3S/c1-3-8-5(2)9-4-6(7)10/h5H,3-4H2,1-2H3,(H,7,10). The second-order valence-electron chi connectivity index (χ2n) is 1.73. The molecule has 0 rings (SSSR count). The molecule has 0 aliphatic carbocycles. The molecule has 0 N–H and O–H groups in total. The minimum atomic E-state index is -0.318. The summed E-state index contributed by atoms with van der Waals surface area (Å²) in [6, 6.07) is 0. The first-order chi connectivity index (χ1) is 4.66. The summed E-state index contributed by atoms with van der Waals surface area (Å²) in [6.07, 6.45) is -0.318. The zero-order valence-electron chi connectivity index (χ0n) is 6.16. The van der Waals surface area contributed by atoms with Gasteiger partial charge in [0.25, 0.3) is 0 Å². The molecule has 0 bridgehead atoms. The van der Waals surface area contributed by atoms with Gasteiger partial charge in [-0.2, -0.15) is 0 Å². The molecule has 0 fully saturated rings. The fourth-order valence-corrected chi connectivity index (χ4v) is 0.546. The van der Waals surface area contributed by atoms with Gasteiger partial charge in [0.05, 0.1) is 0 Å². The van der Waals surface area contributed by atoms with Crippen molar-refractivity contribution in [1.82, 2.24) is 0 Å². The molecule has 0 radical (unpaired) electrons. The Morgan fingerprint density at radius 3 is 2.60 bits per heavy atom. The molecule has 0 aromatic rings. The van der Waals surface area contributed by atoms with Crippen molar-refractivity contribution in [1.29, 1.82) is 0 Å². The summed E-state index contributed by atoms with van der Waals surface area (Å²) in [5.41, 5.74) is 0. The zero-order chi connectivity index (χ0) is 7.98. The van der Waals surface area contributed by atoms with Crippen molar-refractivity contribution in [2.45, 2.75) is 20.1 Å². The van der Waals surface area contributed by atoms with Crippen molar-refractivity contribution in [3.05, 3.63) is 0 Å². The van der Waals surface area contributed by atoms with Gasteiger partial charge in [-0.05, 0) is 13.8 Å². The van der Waals surface area contributed by atoms with Crippen LogP contribution in [0, 0.1) is 0 Å². The summed E-state index contributed by atoms with van der Waals surface area (Å²) in [6.45, 7) is 4.19. The molecule has 0 spiro atoms. The van der Waals surface area contributed by atoms with E-state index in [1.807, 2.05) is 6.92 Å². The van der Waals surface area contributed by atoms with Gasteiger partial charge in [-0.1, -0.05) is 0 Å². The van der Waals surface area contributed by atoms with E-state index in [0.29, 0.717) is 6.61 Å². The van der Waals surface area contributed by atoms with Crippen molar-refractivity contribution in [2.75, 3.05) is 13.2 Å². The molecule has 0 aromatic carbocycles. The molecule has 0 saturated heterocycles. The molecule has 0 aromatic heterocycles. The number of hydrogen-bond donors (Lipinski definition) is 1. The molecule has 1 unspecified atom stereocenters. The number of carbonyl (C=O) groups excluding carboxylic acids is 1. The SMILES string of the molecule is CCOC(C)OCC(=O)S. The maximum atomic E-state index is 10.2. The van der Waals surface area contributed by atoms with Crippen LogP contribution in [0.1, 0.15) is 13.8 Å². The van der Waals surface area contributed by atoms with E-state index in [-0.39, 0.29) is 18.0 Å². The second-order valence-corrected chi connectivity index (χ2v) is 2.23. The van der Waals surface area contributed by atoms with Gasteiger partial charge in [0.1, 0.15) is 6.61 Å². The largest absolute Gasteiger partial charge is 0.353 e. The van der Waals surface area contributed by atoms with Crippen LogP contribution in [0.3, 0.4) is 0 Å². The highest BCUT2D eigenvalue weighted by molar-refractivity contribution is 7.96. The van der Waals surface area contributed by atoms with Gasteiger partial charge in [0.2, 0.25) is 5.12 Å². The molecule has 0 aliphatic rings. The highest BCUT2D eigenvalue weighted by Gasteiger charge is 2.01. The van der Waals surface area contributed by atoms with Gasteiger partial charge in [0.15, 0.2) is 6.29 Å². The van der Waals surface area contributed by atoms with Crippen molar-refractivity contribution in [2.24, 2.45) is 0 Å². The summed E-state index contributed by atoms with van der Waals surface area (Å²) in [5, 5.41) is -0.286. The third-order valence-electron chi connectivity index (χ3n) is 0.843. The van der Waals surface area contributed by atoms with E-state index < -0.39 is 0 Å². The van der Waals surface area contributed by atoms with Crippen LogP contribution in [0.2, 0.25) is 0 Å². The van der Waals surface area contributed by atoms with Crippen LogP contribution in [0.5, 0.6) is 0 Å². The minimum absolute atomic E-state index is 0.00424. The van der Waals surface area contributed by atoms with Gasteiger partial charge < -0.3 is 9.47 Å². The maximum Gasteiger partial charge on any atom is 0.211 e. The topological polar surface area (TPSA) is 35.5 Å². The number of ether oxygens (including phenoxy) is 2. The molecule has 1 atom stereocenters. The predicted octanol–water partition coefficient (Wildman–Crippen LogP) is 0.842. The molecular weight excluding hydrogens is 152 g/mol. The Balaban J connectivity index is 3.21. The van der Waals surface area contributed by atoms with Crippen molar-refractivity contribution >= 4 is 17.7 Å². The van der Waals surface area contributed by atoms with Crippen LogP contribution in [-0.2, 0) is 14.3 Å². The van der Waals surface area contributed by atoms with Gasteiger partial charge in [0, 0.05) is 6.61 Å². The third kappa shape index (κ3) is 6.07. The highest BCUT2D eigenvalue weighted by Crippen LogP contribution is 1.93. The first kappa shape index (κ1) is 9.94. The maximum absolute atomic E-state index is 10.2. The summed E-state index contributed by atoms with van der Waals surface area (Å²) in [4.78, 5) is 10.2. The van der Waals surface area contributed by atoms with Crippen LogP contribution < -0.4 is 0 Å². The predicted molar refractivity (Wildman–Crippen MR) is 41.0 cm³/mol. The average molecular weight is 164 g/mol. The van der Waals surface area contributed by atoms with Gasteiger partial charge in [-0.25, -0.2) is 0 Å². The second kappa shape index (κ2) is 5.70. The van der Waals surface area contributed by atoms with E-state index in [4.69, 9.17) is 9.47 Å². The lowest BCUT2D eigenvalue weighted by Gasteiger charge is -2.10. The molecule has 4 heteroatoms. The van der Waals surface area contributed by atoms with Gasteiger partial charge >= 0.3 is 0 Å². The fraction of sp³-hybridized carbons (Fsp3) is 0.833.